The Morgan fingerprint density at radius 3 is 2.93 bits per heavy atom. The minimum Gasteiger partial charge on any atom is -0.392 e. The molecule has 0 aliphatic rings. The van der Waals surface area contributed by atoms with Crippen LogP contribution in [0.4, 0.5) is 0 Å². The predicted octanol–water partition coefficient (Wildman–Crippen LogP) is 1.13. The van der Waals surface area contributed by atoms with Crippen molar-refractivity contribution in [2.75, 3.05) is 13.6 Å². The van der Waals surface area contributed by atoms with Crippen LogP contribution < -0.4 is 0 Å². The zero-order valence-corrected chi connectivity index (χ0v) is 9.25. The van der Waals surface area contributed by atoms with E-state index in [-0.39, 0.29) is 5.91 Å². The highest BCUT2D eigenvalue weighted by atomic mass is 32.1. The Hall–Kier alpha value is -0.870. The summed E-state index contributed by atoms with van der Waals surface area (Å²) in [5.41, 5.74) is 0. The van der Waals surface area contributed by atoms with Crippen LogP contribution in [0.3, 0.4) is 0 Å². The molecule has 4 heteroatoms. The van der Waals surface area contributed by atoms with Crippen molar-refractivity contribution in [1.82, 2.24) is 4.90 Å². The molecule has 1 aromatic heterocycles. The van der Waals surface area contributed by atoms with E-state index in [9.17, 15) is 4.79 Å². The first-order chi connectivity index (χ1) is 6.59. The van der Waals surface area contributed by atoms with Crippen LogP contribution in [0, 0.1) is 0 Å². The molecule has 1 amide bonds. The number of aliphatic hydroxyl groups is 1. The number of amides is 1. The summed E-state index contributed by atoms with van der Waals surface area (Å²) in [5.74, 6) is 0.0494. The van der Waals surface area contributed by atoms with Gasteiger partial charge in [-0.1, -0.05) is 6.07 Å². The lowest BCUT2D eigenvalue weighted by atomic mass is 10.3. The Morgan fingerprint density at radius 1 is 1.71 bits per heavy atom. The van der Waals surface area contributed by atoms with Gasteiger partial charge in [0.15, 0.2) is 0 Å². The van der Waals surface area contributed by atoms with E-state index in [2.05, 4.69) is 0 Å². The molecule has 1 unspecified atom stereocenters. The summed E-state index contributed by atoms with van der Waals surface area (Å²) in [4.78, 5) is 14.2. The van der Waals surface area contributed by atoms with Gasteiger partial charge in [0, 0.05) is 18.5 Å². The maximum atomic E-state index is 11.6. The second-order valence-corrected chi connectivity index (χ2v) is 4.41. The molecule has 78 valence electrons. The molecule has 1 aromatic rings. The molecule has 0 fully saturated rings. The quantitative estimate of drug-likeness (QED) is 0.814. The molecule has 1 atom stereocenters. The molecular formula is C10H15NO2S. The fourth-order valence-corrected chi connectivity index (χ4v) is 1.89. The fourth-order valence-electron chi connectivity index (χ4n) is 1.20. The zero-order valence-electron chi connectivity index (χ0n) is 8.43. The molecule has 0 bridgehead atoms. The molecule has 0 spiro atoms. The molecule has 3 nitrogen and oxygen atoms in total. The standard InChI is InChI=1S/C10H15NO2S/c1-8(12)7-11(2)10(13)6-9-4-3-5-14-9/h3-5,8,12H,6-7H2,1-2H3. The van der Waals surface area contributed by atoms with Crippen LogP contribution in [0.15, 0.2) is 17.5 Å². The second kappa shape index (κ2) is 5.12. The summed E-state index contributed by atoms with van der Waals surface area (Å²) in [6, 6.07) is 3.88. The van der Waals surface area contributed by atoms with Gasteiger partial charge in [0.25, 0.3) is 0 Å². The Morgan fingerprint density at radius 2 is 2.43 bits per heavy atom. The van der Waals surface area contributed by atoms with Crippen molar-refractivity contribution >= 4 is 17.2 Å². The van der Waals surface area contributed by atoms with Crippen LogP contribution in [0.25, 0.3) is 0 Å². The summed E-state index contributed by atoms with van der Waals surface area (Å²) in [6.45, 7) is 2.07. The SMILES string of the molecule is CC(O)CN(C)C(=O)Cc1cccs1. The van der Waals surface area contributed by atoms with Crippen molar-refractivity contribution in [3.63, 3.8) is 0 Å². The van der Waals surface area contributed by atoms with Crippen molar-refractivity contribution in [2.45, 2.75) is 19.4 Å². The highest BCUT2D eigenvalue weighted by molar-refractivity contribution is 7.10. The number of hydrogen-bond donors (Lipinski definition) is 1. The average Bonchev–Trinajstić information content (AvgIpc) is 2.55. The Labute approximate surface area is 88.0 Å². The molecule has 0 aliphatic heterocycles. The van der Waals surface area contributed by atoms with Gasteiger partial charge in [-0.25, -0.2) is 0 Å². The first-order valence-electron chi connectivity index (χ1n) is 4.54. The Balaban J connectivity index is 2.42. The van der Waals surface area contributed by atoms with Crippen molar-refractivity contribution in [3.8, 4) is 0 Å². The predicted molar refractivity (Wildman–Crippen MR) is 57.3 cm³/mol. The van der Waals surface area contributed by atoms with Crippen LogP contribution in [0.5, 0.6) is 0 Å². The van der Waals surface area contributed by atoms with Crippen LogP contribution >= 0.6 is 11.3 Å². The number of thiophene rings is 1. The first kappa shape index (κ1) is 11.2. The summed E-state index contributed by atoms with van der Waals surface area (Å²) in [7, 11) is 1.71. The molecule has 0 saturated heterocycles. The molecule has 1 heterocycles. The topological polar surface area (TPSA) is 40.5 Å². The van der Waals surface area contributed by atoms with Gasteiger partial charge in [0.2, 0.25) is 5.91 Å². The van der Waals surface area contributed by atoms with Crippen molar-refractivity contribution in [1.29, 1.82) is 0 Å². The molecule has 0 radical (unpaired) electrons. The number of likely N-dealkylation sites (N-methyl/N-ethyl adjacent to an activating group) is 1. The minimum absolute atomic E-state index is 0.0494. The van der Waals surface area contributed by atoms with Crippen LogP contribution in [-0.4, -0.2) is 35.6 Å². The largest absolute Gasteiger partial charge is 0.392 e. The zero-order chi connectivity index (χ0) is 10.6. The third-order valence-electron chi connectivity index (χ3n) is 1.87. The summed E-state index contributed by atoms with van der Waals surface area (Å²) in [6.07, 6.45) is -0.0340. The van der Waals surface area contributed by atoms with E-state index in [1.165, 1.54) is 0 Å². The Bertz CT molecular complexity index is 282. The van der Waals surface area contributed by atoms with E-state index in [0.717, 1.165) is 4.88 Å². The fraction of sp³-hybridized carbons (Fsp3) is 0.500. The number of carbonyl (C=O) groups is 1. The van der Waals surface area contributed by atoms with Crippen molar-refractivity contribution in [3.05, 3.63) is 22.4 Å². The van der Waals surface area contributed by atoms with Gasteiger partial charge in [-0.3, -0.25) is 4.79 Å². The van der Waals surface area contributed by atoms with Gasteiger partial charge in [-0.2, -0.15) is 0 Å². The van der Waals surface area contributed by atoms with Crippen LogP contribution in [0.2, 0.25) is 0 Å². The smallest absolute Gasteiger partial charge is 0.227 e. The lowest BCUT2D eigenvalue weighted by molar-refractivity contribution is -0.130. The molecule has 1 N–H and O–H groups in total. The van der Waals surface area contributed by atoms with Crippen LogP contribution in [-0.2, 0) is 11.2 Å². The van der Waals surface area contributed by atoms with E-state index in [1.807, 2.05) is 17.5 Å². The van der Waals surface area contributed by atoms with Gasteiger partial charge < -0.3 is 10.0 Å². The summed E-state index contributed by atoms with van der Waals surface area (Å²) >= 11 is 1.58. The van der Waals surface area contributed by atoms with E-state index in [4.69, 9.17) is 5.11 Å². The van der Waals surface area contributed by atoms with Gasteiger partial charge in [-0.15, -0.1) is 11.3 Å². The minimum atomic E-state index is -0.465. The number of carbonyl (C=O) groups excluding carboxylic acids is 1. The maximum absolute atomic E-state index is 11.6. The van der Waals surface area contributed by atoms with E-state index in [0.29, 0.717) is 13.0 Å². The van der Waals surface area contributed by atoms with Gasteiger partial charge in [0.1, 0.15) is 0 Å². The van der Waals surface area contributed by atoms with Gasteiger partial charge in [0.05, 0.1) is 12.5 Å². The maximum Gasteiger partial charge on any atom is 0.227 e. The Kier molecular flexibility index (Phi) is 4.10. The normalized spacial score (nSPS) is 12.5. The molecule has 14 heavy (non-hydrogen) atoms. The van der Waals surface area contributed by atoms with Crippen molar-refractivity contribution in [2.24, 2.45) is 0 Å². The second-order valence-electron chi connectivity index (χ2n) is 3.38. The van der Waals surface area contributed by atoms with Gasteiger partial charge >= 0.3 is 0 Å². The molecule has 1 rings (SSSR count). The average molecular weight is 213 g/mol. The molecule has 0 aliphatic carbocycles. The number of rotatable bonds is 4. The van der Waals surface area contributed by atoms with Crippen LogP contribution in [0.1, 0.15) is 11.8 Å². The summed E-state index contributed by atoms with van der Waals surface area (Å²) in [5, 5.41) is 11.1. The monoisotopic (exact) mass is 213 g/mol. The number of hydrogen-bond acceptors (Lipinski definition) is 3. The lowest BCUT2D eigenvalue weighted by Crippen LogP contribution is -2.33. The van der Waals surface area contributed by atoms with Gasteiger partial charge in [-0.05, 0) is 18.4 Å². The molecule has 0 saturated carbocycles. The van der Waals surface area contributed by atoms with E-state index < -0.39 is 6.10 Å². The first-order valence-corrected chi connectivity index (χ1v) is 5.42. The van der Waals surface area contributed by atoms with E-state index >= 15 is 0 Å². The lowest BCUT2D eigenvalue weighted by Gasteiger charge is -2.18. The molecular weight excluding hydrogens is 198 g/mol. The highest BCUT2D eigenvalue weighted by Crippen LogP contribution is 2.10. The third-order valence-corrected chi connectivity index (χ3v) is 2.75. The van der Waals surface area contributed by atoms with Crippen molar-refractivity contribution < 1.29 is 9.90 Å². The summed E-state index contributed by atoms with van der Waals surface area (Å²) < 4.78 is 0. The third kappa shape index (κ3) is 3.47. The number of aliphatic hydroxyl groups excluding tert-OH is 1. The molecule has 0 aromatic carbocycles. The number of nitrogens with zero attached hydrogens (tertiary/aromatic N) is 1. The highest BCUT2D eigenvalue weighted by Gasteiger charge is 2.11. The van der Waals surface area contributed by atoms with E-state index in [1.54, 1.807) is 30.2 Å².